The molecule has 5 heteroatoms. The monoisotopic (exact) mass is 337 g/mol. The number of rotatable bonds is 4. The number of hydrogen-bond donors (Lipinski definition) is 1. The van der Waals surface area contributed by atoms with Gasteiger partial charge in [-0.2, -0.15) is 0 Å². The normalized spacial score (nSPS) is 10.2. The molecule has 0 bridgehead atoms. The summed E-state index contributed by atoms with van der Waals surface area (Å²) in [6.07, 6.45) is 0. The molecule has 0 aromatic heterocycles. The Labute approximate surface area is 124 Å². The van der Waals surface area contributed by atoms with Gasteiger partial charge in [-0.15, -0.1) is 0 Å². The zero-order chi connectivity index (χ0) is 14.5. The van der Waals surface area contributed by atoms with Crippen molar-refractivity contribution in [3.05, 3.63) is 63.9 Å². The summed E-state index contributed by atoms with van der Waals surface area (Å²) in [5, 5.41) is 3.14. The van der Waals surface area contributed by atoms with Crippen molar-refractivity contribution < 1.29 is 13.9 Å². The van der Waals surface area contributed by atoms with Gasteiger partial charge in [0.05, 0.1) is 17.1 Å². The van der Waals surface area contributed by atoms with E-state index in [0.717, 1.165) is 11.3 Å². The molecular weight excluding hydrogens is 325 g/mol. The first-order valence-corrected chi connectivity index (χ1v) is 6.75. The number of carbonyl (C=O) groups is 1. The lowest BCUT2D eigenvalue weighted by Crippen LogP contribution is -2.04. The number of benzene rings is 2. The smallest absolute Gasteiger partial charge is 0.337 e. The van der Waals surface area contributed by atoms with Crippen molar-refractivity contribution in [3.63, 3.8) is 0 Å². The maximum absolute atomic E-state index is 13.4. The Kier molecular flexibility index (Phi) is 4.74. The molecule has 20 heavy (non-hydrogen) atoms. The fraction of sp³-hybridized carbons (Fsp3) is 0.133. The maximum Gasteiger partial charge on any atom is 0.337 e. The van der Waals surface area contributed by atoms with E-state index in [-0.39, 0.29) is 11.8 Å². The summed E-state index contributed by atoms with van der Waals surface area (Å²) in [5.41, 5.74) is 2.06. The highest BCUT2D eigenvalue weighted by Gasteiger charge is 2.06. The van der Waals surface area contributed by atoms with Crippen molar-refractivity contribution in [2.45, 2.75) is 6.54 Å². The minimum Gasteiger partial charge on any atom is -0.465 e. The van der Waals surface area contributed by atoms with E-state index in [1.54, 1.807) is 24.3 Å². The summed E-state index contributed by atoms with van der Waals surface area (Å²) < 4.78 is 18.5. The fourth-order valence-corrected chi connectivity index (χ4v) is 1.97. The average Bonchev–Trinajstić information content (AvgIpc) is 2.48. The van der Waals surface area contributed by atoms with Crippen molar-refractivity contribution in [2.24, 2.45) is 0 Å². The number of anilines is 1. The van der Waals surface area contributed by atoms with Gasteiger partial charge in [-0.1, -0.05) is 12.1 Å². The van der Waals surface area contributed by atoms with Crippen LogP contribution in [-0.4, -0.2) is 13.1 Å². The number of halogens is 2. The molecule has 0 saturated heterocycles. The third-order valence-corrected chi connectivity index (χ3v) is 3.41. The van der Waals surface area contributed by atoms with Crippen LogP contribution in [-0.2, 0) is 11.3 Å². The van der Waals surface area contributed by atoms with Crippen LogP contribution < -0.4 is 5.32 Å². The van der Waals surface area contributed by atoms with Crippen LogP contribution in [0.15, 0.2) is 46.9 Å². The molecule has 0 unspecified atom stereocenters. The molecule has 0 fully saturated rings. The van der Waals surface area contributed by atoms with Crippen LogP contribution in [0.1, 0.15) is 15.9 Å². The molecule has 0 spiro atoms. The molecule has 0 aliphatic rings. The summed E-state index contributed by atoms with van der Waals surface area (Å²) >= 11 is 3.11. The average molecular weight is 338 g/mol. The first kappa shape index (κ1) is 14.5. The molecule has 0 heterocycles. The minimum atomic E-state index is -0.386. The van der Waals surface area contributed by atoms with Crippen molar-refractivity contribution in [1.82, 2.24) is 0 Å². The van der Waals surface area contributed by atoms with E-state index in [4.69, 9.17) is 0 Å². The Morgan fingerprint density at radius 3 is 2.80 bits per heavy atom. The predicted octanol–water partition coefficient (Wildman–Crippen LogP) is 3.99. The number of hydrogen-bond acceptors (Lipinski definition) is 3. The molecule has 0 aliphatic carbocycles. The Bertz CT molecular complexity index is 631. The van der Waals surface area contributed by atoms with Crippen LogP contribution in [0, 0.1) is 5.82 Å². The highest BCUT2D eigenvalue weighted by Crippen LogP contribution is 2.18. The van der Waals surface area contributed by atoms with Gasteiger partial charge in [-0.05, 0) is 51.8 Å². The number of carbonyl (C=O) groups excluding carboxylic acids is 1. The largest absolute Gasteiger partial charge is 0.465 e. The van der Waals surface area contributed by atoms with E-state index in [2.05, 4.69) is 26.0 Å². The summed E-state index contributed by atoms with van der Waals surface area (Å²) in [6, 6.07) is 11.9. The third kappa shape index (κ3) is 3.57. The van der Waals surface area contributed by atoms with Gasteiger partial charge in [-0.3, -0.25) is 0 Å². The number of ether oxygens (including phenoxy) is 1. The predicted molar refractivity (Wildman–Crippen MR) is 79.2 cm³/mol. The molecule has 0 amide bonds. The Morgan fingerprint density at radius 1 is 1.30 bits per heavy atom. The van der Waals surface area contributed by atoms with E-state index >= 15 is 0 Å². The molecule has 104 valence electrons. The van der Waals surface area contributed by atoms with E-state index in [9.17, 15) is 9.18 Å². The van der Waals surface area contributed by atoms with Gasteiger partial charge in [0.25, 0.3) is 0 Å². The van der Waals surface area contributed by atoms with Gasteiger partial charge in [0.15, 0.2) is 0 Å². The standard InChI is InChI=1S/C15H13BrFNO2/c1-20-15(19)11-3-2-4-12(8-11)18-9-10-5-6-13(16)14(17)7-10/h2-8,18H,9H2,1H3. The molecule has 0 aliphatic heterocycles. The van der Waals surface area contributed by atoms with Crippen molar-refractivity contribution in [3.8, 4) is 0 Å². The van der Waals surface area contributed by atoms with Crippen LogP contribution in [0.5, 0.6) is 0 Å². The van der Waals surface area contributed by atoms with Gasteiger partial charge >= 0.3 is 5.97 Å². The van der Waals surface area contributed by atoms with Crippen LogP contribution in [0.3, 0.4) is 0 Å². The molecule has 3 nitrogen and oxygen atoms in total. The molecule has 2 aromatic carbocycles. The summed E-state index contributed by atoms with van der Waals surface area (Å²) in [4.78, 5) is 11.4. The van der Waals surface area contributed by atoms with E-state index in [0.29, 0.717) is 16.6 Å². The van der Waals surface area contributed by atoms with Crippen molar-refractivity contribution in [1.29, 1.82) is 0 Å². The fourth-order valence-electron chi connectivity index (χ4n) is 1.73. The summed E-state index contributed by atoms with van der Waals surface area (Å²) in [6.45, 7) is 0.467. The van der Waals surface area contributed by atoms with Crippen molar-refractivity contribution in [2.75, 3.05) is 12.4 Å². The first-order valence-electron chi connectivity index (χ1n) is 5.96. The quantitative estimate of drug-likeness (QED) is 0.857. The second kappa shape index (κ2) is 6.52. The molecule has 2 aromatic rings. The van der Waals surface area contributed by atoms with Gasteiger partial charge in [0.2, 0.25) is 0 Å². The SMILES string of the molecule is COC(=O)c1cccc(NCc2ccc(Br)c(F)c2)c1. The highest BCUT2D eigenvalue weighted by molar-refractivity contribution is 9.10. The molecule has 0 saturated carbocycles. The summed E-state index contributed by atoms with van der Waals surface area (Å²) in [7, 11) is 1.34. The van der Waals surface area contributed by atoms with Gasteiger partial charge in [0.1, 0.15) is 5.82 Å². The van der Waals surface area contributed by atoms with Gasteiger partial charge in [-0.25, -0.2) is 9.18 Å². The number of methoxy groups -OCH3 is 1. The Hall–Kier alpha value is -1.88. The zero-order valence-corrected chi connectivity index (χ0v) is 12.4. The van der Waals surface area contributed by atoms with Crippen LogP contribution in [0.25, 0.3) is 0 Å². The van der Waals surface area contributed by atoms with Crippen LogP contribution >= 0.6 is 15.9 Å². The maximum atomic E-state index is 13.4. The molecule has 2 rings (SSSR count). The third-order valence-electron chi connectivity index (χ3n) is 2.76. The lowest BCUT2D eigenvalue weighted by molar-refractivity contribution is 0.0601. The topological polar surface area (TPSA) is 38.3 Å². The lowest BCUT2D eigenvalue weighted by Gasteiger charge is -2.08. The molecule has 1 N–H and O–H groups in total. The van der Waals surface area contributed by atoms with Gasteiger partial charge < -0.3 is 10.1 Å². The van der Waals surface area contributed by atoms with Crippen LogP contribution in [0.2, 0.25) is 0 Å². The zero-order valence-electron chi connectivity index (χ0n) is 10.8. The van der Waals surface area contributed by atoms with E-state index in [1.807, 2.05) is 12.1 Å². The Morgan fingerprint density at radius 2 is 2.10 bits per heavy atom. The lowest BCUT2D eigenvalue weighted by atomic mass is 10.2. The summed E-state index contributed by atoms with van der Waals surface area (Å²) in [5.74, 6) is -0.684. The molecule has 0 radical (unpaired) electrons. The van der Waals surface area contributed by atoms with E-state index < -0.39 is 0 Å². The molecule has 0 atom stereocenters. The molecular formula is C15H13BrFNO2. The Balaban J connectivity index is 2.07. The van der Waals surface area contributed by atoms with Gasteiger partial charge in [0, 0.05) is 12.2 Å². The first-order chi connectivity index (χ1) is 9.60. The van der Waals surface area contributed by atoms with Crippen molar-refractivity contribution >= 4 is 27.6 Å². The number of nitrogens with one attached hydrogen (secondary N) is 1. The number of esters is 1. The van der Waals surface area contributed by atoms with Crippen LogP contribution in [0.4, 0.5) is 10.1 Å². The second-order valence-corrected chi connectivity index (χ2v) is 5.03. The minimum absolute atomic E-state index is 0.299. The second-order valence-electron chi connectivity index (χ2n) is 4.17. The highest BCUT2D eigenvalue weighted by atomic mass is 79.9. The van der Waals surface area contributed by atoms with E-state index in [1.165, 1.54) is 13.2 Å².